The molecule has 20 heavy (non-hydrogen) atoms. The summed E-state index contributed by atoms with van der Waals surface area (Å²) in [7, 11) is 0. The Bertz CT molecular complexity index is 298. The molecule has 118 valence electrons. The van der Waals surface area contributed by atoms with Crippen molar-refractivity contribution in [1.82, 2.24) is 0 Å². The van der Waals surface area contributed by atoms with Crippen molar-refractivity contribution < 1.29 is 9.47 Å². The van der Waals surface area contributed by atoms with E-state index in [4.69, 9.17) is 9.47 Å². The highest BCUT2D eigenvalue weighted by Gasteiger charge is 2.25. The summed E-state index contributed by atoms with van der Waals surface area (Å²) in [6.45, 7) is 17.4. The molecule has 0 saturated carbocycles. The van der Waals surface area contributed by atoms with Crippen molar-refractivity contribution in [2.75, 3.05) is 26.4 Å². The molecule has 1 fully saturated rings. The van der Waals surface area contributed by atoms with E-state index < -0.39 is 0 Å². The van der Waals surface area contributed by atoms with Crippen LogP contribution in [-0.2, 0) is 9.47 Å². The van der Waals surface area contributed by atoms with Crippen LogP contribution in [0.5, 0.6) is 0 Å². The van der Waals surface area contributed by atoms with E-state index in [9.17, 15) is 0 Å². The molecule has 0 unspecified atom stereocenters. The van der Waals surface area contributed by atoms with E-state index in [2.05, 4.69) is 47.6 Å². The lowest BCUT2D eigenvalue weighted by molar-refractivity contribution is 0.0286. The first-order valence-electron chi connectivity index (χ1n) is 8.06. The standard InChI is InChI=1S/C9H18O.C9H16O/c2*1-9(2,3)8-4-6-10-7-5-8/h8H,4-7H2,1-3H3;4H,5-7H2,1-3H3. The summed E-state index contributed by atoms with van der Waals surface area (Å²) >= 11 is 0. The first-order valence-corrected chi connectivity index (χ1v) is 8.06. The normalized spacial score (nSPS) is 21.8. The highest BCUT2D eigenvalue weighted by molar-refractivity contribution is 5.12. The molecular formula is C18H34O2. The molecule has 2 rings (SSSR count). The van der Waals surface area contributed by atoms with E-state index in [1.54, 1.807) is 5.57 Å². The SMILES string of the molecule is CC(C)(C)C1=CCOCC1.CC(C)(C)C1CCOCC1. The van der Waals surface area contributed by atoms with Crippen LogP contribution in [0.15, 0.2) is 11.6 Å². The molecule has 2 nitrogen and oxygen atoms in total. The molecular weight excluding hydrogens is 248 g/mol. The van der Waals surface area contributed by atoms with Gasteiger partial charge in [0, 0.05) is 13.2 Å². The summed E-state index contributed by atoms with van der Waals surface area (Å²) in [6.07, 6.45) is 5.83. The molecule has 0 atom stereocenters. The molecule has 0 radical (unpaired) electrons. The molecule has 2 aliphatic heterocycles. The van der Waals surface area contributed by atoms with Gasteiger partial charge >= 0.3 is 0 Å². The minimum Gasteiger partial charge on any atom is -0.381 e. The lowest BCUT2D eigenvalue weighted by atomic mass is 9.76. The van der Waals surface area contributed by atoms with Gasteiger partial charge in [-0.25, -0.2) is 0 Å². The molecule has 0 spiro atoms. The summed E-state index contributed by atoms with van der Waals surface area (Å²) in [5.41, 5.74) is 2.38. The van der Waals surface area contributed by atoms with Crippen molar-refractivity contribution in [3.8, 4) is 0 Å². The quantitative estimate of drug-likeness (QED) is 0.592. The van der Waals surface area contributed by atoms with Gasteiger partial charge in [0.2, 0.25) is 0 Å². The second-order valence-corrected chi connectivity index (χ2v) is 8.06. The van der Waals surface area contributed by atoms with Gasteiger partial charge in [0.25, 0.3) is 0 Å². The average Bonchev–Trinajstić information content (AvgIpc) is 2.40. The third-order valence-electron chi connectivity index (χ3n) is 4.37. The predicted molar refractivity (Wildman–Crippen MR) is 86.0 cm³/mol. The Kier molecular flexibility index (Phi) is 6.74. The second-order valence-electron chi connectivity index (χ2n) is 8.06. The highest BCUT2D eigenvalue weighted by atomic mass is 16.5. The monoisotopic (exact) mass is 282 g/mol. The van der Waals surface area contributed by atoms with Gasteiger partial charge in [-0.3, -0.25) is 0 Å². The Balaban J connectivity index is 0.000000200. The van der Waals surface area contributed by atoms with Crippen molar-refractivity contribution in [1.29, 1.82) is 0 Å². The van der Waals surface area contributed by atoms with Gasteiger partial charge in [0.05, 0.1) is 13.2 Å². The third kappa shape index (κ3) is 6.41. The van der Waals surface area contributed by atoms with Crippen LogP contribution >= 0.6 is 0 Å². The Morgan fingerprint density at radius 2 is 1.50 bits per heavy atom. The van der Waals surface area contributed by atoms with Gasteiger partial charge in [-0.15, -0.1) is 0 Å². The first kappa shape index (κ1) is 17.7. The Morgan fingerprint density at radius 3 is 1.80 bits per heavy atom. The summed E-state index contributed by atoms with van der Waals surface area (Å²) in [4.78, 5) is 0. The van der Waals surface area contributed by atoms with E-state index in [1.165, 1.54) is 12.8 Å². The van der Waals surface area contributed by atoms with Crippen LogP contribution < -0.4 is 0 Å². The summed E-state index contributed by atoms with van der Waals surface area (Å²) in [5.74, 6) is 0.876. The van der Waals surface area contributed by atoms with Crippen molar-refractivity contribution in [2.24, 2.45) is 16.7 Å². The topological polar surface area (TPSA) is 18.5 Å². The van der Waals surface area contributed by atoms with E-state index in [0.29, 0.717) is 10.8 Å². The molecule has 0 aromatic carbocycles. The van der Waals surface area contributed by atoms with E-state index >= 15 is 0 Å². The van der Waals surface area contributed by atoms with Gasteiger partial charge in [-0.1, -0.05) is 53.2 Å². The molecule has 0 N–H and O–H groups in total. The zero-order chi connectivity index (χ0) is 15.2. The van der Waals surface area contributed by atoms with Crippen LogP contribution in [0.3, 0.4) is 0 Å². The van der Waals surface area contributed by atoms with Crippen molar-refractivity contribution >= 4 is 0 Å². The zero-order valence-corrected chi connectivity index (χ0v) is 14.4. The Hall–Kier alpha value is -0.340. The largest absolute Gasteiger partial charge is 0.381 e. The van der Waals surface area contributed by atoms with Crippen molar-refractivity contribution in [3.63, 3.8) is 0 Å². The fourth-order valence-electron chi connectivity index (χ4n) is 2.77. The van der Waals surface area contributed by atoms with Crippen LogP contribution in [0.1, 0.15) is 60.8 Å². The Morgan fingerprint density at radius 1 is 0.900 bits per heavy atom. The number of ether oxygens (including phenoxy) is 2. The summed E-state index contributed by atoms with van der Waals surface area (Å²) in [5, 5.41) is 0. The molecule has 0 aliphatic carbocycles. The van der Waals surface area contributed by atoms with Gasteiger partial charge in [-0.05, 0) is 36.0 Å². The van der Waals surface area contributed by atoms with Gasteiger partial charge in [-0.2, -0.15) is 0 Å². The van der Waals surface area contributed by atoms with Crippen molar-refractivity contribution in [2.45, 2.75) is 60.8 Å². The van der Waals surface area contributed by atoms with E-state index in [1.807, 2.05) is 0 Å². The van der Waals surface area contributed by atoms with Crippen LogP contribution in [0.4, 0.5) is 0 Å². The van der Waals surface area contributed by atoms with Gasteiger partial charge < -0.3 is 9.47 Å². The van der Waals surface area contributed by atoms with Crippen LogP contribution in [-0.4, -0.2) is 26.4 Å². The molecule has 0 amide bonds. The lowest BCUT2D eigenvalue weighted by Crippen LogP contribution is -2.27. The van der Waals surface area contributed by atoms with Crippen molar-refractivity contribution in [3.05, 3.63) is 11.6 Å². The second kappa shape index (κ2) is 7.61. The fraction of sp³-hybridized carbons (Fsp3) is 0.889. The highest BCUT2D eigenvalue weighted by Crippen LogP contribution is 2.33. The molecule has 2 aliphatic rings. The number of rotatable bonds is 0. The molecule has 2 heterocycles. The minimum absolute atomic E-state index is 0.351. The van der Waals surface area contributed by atoms with Crippen LogP contribution in [0, 0.1) is 16.7 Å². The molecule has 2 heteroatoms. The maximum absolute atomic E-state index is 5.29. The molecule has 1 saturated heterocycles. The predicted octanol–water partition coefficient (Wildman–Crippen LogP) is 4.84. The van der Waals surface area contributed by atoms with Crippen LogP contribution in [0.2, 0.25) is 0 Å². The average molecular weight is 282 g/mol. The maximum atomic E-state index is 5.29. The van der Waals surface area contributed by atoms with Crippen LogP contribution in [0.25, 0.3) is 0 Å². The summed E-state index contributed by atoms with van der Waals surface area (Å²) < 4.78 is 10.5. The maximum Gasteiger partial charge on any atom is 0.0650 e. The summed E-state index contributed by atoms with van der Waals surface area (Å²) in [6, 6.07) is 0. The molecule has 0 bridgehead atoms. The first-order chi connectivity index (χ1) is 9.21. The molecule has 0 aromatic rings. The number of hydrogen-bond donors (Lipinski definition) is 0. The lowest BCUT2D eigenvalue weighted by Gasteiger charge is -2.33. The smallest absolute Gasteiger partial charge is 0.0650 e. The molecule has 0 aromatic heterocycles. The third-order valence-corrected chi connectivity index (χ3v) is 4.37. The Labute approximate surface area is 125 Å². The number of hydrogen-bond acceptors (Lipinski definition) is 2. The van der Waals surface area contributed by atoms with Gasteiger partial charge in [0.1, 0.15) is 0 Å². The minimum atomic E-state index is 0.351. The zero-order valence-electron chi connectivity index (χ0n) is 14.4. The van der Waals surface area contributed by atoms with E-state index in [-0.39, 0.29) is 0 Å². The fourth-order valence-corrected chi connectivity index (χ4v) is 2.77. The van der Waals surface area contributed by atoms with E-state index in [0.717, 1.165) is 38.8 Å². The van der Waals surface area contributed by atoms with Gasteiger partial charge in [0.15, 0.2) is 0 Å².